The average Bonchev–Trinajstić information content (AvgIpc) is 3.54. The number of hydrogen-bond acceptors (Lipinski definition) is 6. The second kappa shape index (κ2) is 19.2. The van der Waals surface area contributed by atoms with Gasteiger partial charge in [-0.05, 0) is 184 Å². The van der Waals surface area contributed by atoms with Crippen molar-refractivity contribution in [3.8, 4) is 0 Å². The maximum absolute atomic E-state index is 2.42. The van der Waals surface area contributed by atoms with Gasteiger partial charge < -0.3 is 0 Å². The van der Waals surface area contributed by atoms with Crippen LogP contribution in [0.3, 0.4) is 0 Å². The molecule has 6 heterocycles. The second-order valence-corrected chi connectivity index (χ2v) is 29.3. The summed E-state index contributed by atoms with van der Waals surface area (Å²) in [7, 11) is 0. The van der Waals surface area contributed by atoms with Gasteiger partial charge in [0.15, 0.2) is 0 Å². The van der Waals surface area contributed by atoms with Crippen LogP contribution in [0.25, 0.3) is 153 Å². The highest BCUT2D eigenvalue weighted by atomic mass is 32.1. The zero-order chi connectivity index (χ0) is 54.4. The van der Waals surface area contributed by atoms with Crippen molar-refractivity contribution in [1.29, 1.82) is 0 Å². The zero-order valence-electron chi connectivity index (χ0n) is 45.7. The third-order valence-corrected chi connectivity index (χ3v) is 24.3. The van der Waals surface area contributed by atoms with Crippen molar-refractivity contribution in [1.82, 2.24) is 0 Å². The molecule has 390 valence electrons. The summed E-state index contributed by atoms with van der Waals surface area (Å²) in [4.78, 5) is 0. The Balaban J connectivity index is 0.000000105. The lowest BCUT2D eigenvalue weighted by Crippen LogP contribution is -1.86. The average molecular weight is 1150 g/mol. The Morgan fingerprint density at radius 1 is 0.198 bits per heavy atom. The largest absolute Gasteiger partial charge is 0.134 e. The van der Waals surface area contributed by atoms with Gasteiger partial charge in [-0.15, -0.1) is 68.0 Å². The van der Waals surface area contributed by atoms with E-state index < -0.39 is 0 Å². The van der Waals surface area contributed by atoms with E-state index in [1.165, 1.54) is 170 Å². The molecule has 0 saturated heterocycles. The monoisotopic (exact) mass is 1150 g/mol. The Hall–Kier alpha value is -7.26. The van der Waals surface area contributed by atoms with Crippen molar-refractivity contribution >= 4 is 221 Å². The fourth-order valence-electron chi connectivity index (χ4n) is 12.2. The molecule has 81 heavy (non-hydrogen) atoms. The summed E-state index contributed by atoms with van der Waals surface area (Å²) >= 11 is 11.6. The van der Waals surface area contributed by atoms with E-state index in [1.54, 1.807) is 0 Å². The van der Waals surface area contributed by atoms with Crippen molar-refractivity contribution in [2.75, 3.05) is 0 Å². The van der Waals surface area contributed by atoms with Crippen LogP contribution in [-0.2, 0) is 0 Å². The number of rotatable bonds is 3. The summed E-state index contributed by atoms with van der Waals surface area (Å²) in [5.74, 6) is 1.71. The molecule has 6 heteroatoms. The molecule has 18 rings (SSSR count). The predicted octanol–water partition coefficient (Wildman–Crippen LogP) is 26.1. The molecule has 0 saturated carbocycles. The van der Waals surface area contributed by atoms with Crippen LogP contribution in [0.5, 0.6) is 0 Å². The molecule has 0 aliphatic heterocycles. The maximum Gasteiger partial charge on any atom is 0.0542 e. The van der Waals surface area contributed by atoms with E-state index in [0.29, 0.717) is 17.8 Å². The van der Waals surface area contributed by atoms with Crippen molar-refractivity contribution in [3.05, 3.63) is 217 Å². The molecule has 0 fully saturated rings. The van der Waals surface area contributed by atoms with E-state index in [4.69, 9.17) is 0 Å². The van der Waals surface area contributed by atoms with Gasteiger partial charge in [0.05, 0.1) is 28.2 Å². The molecule has 0 bridgehead atoms. The quantitative estimate of drug-likeness (QED) is 0.155. The molecule has 0 aliphatic rings. The molecule has 0 amide bonds. The highest BCUT2D eigenvalue weighted by Gasteiger charge is 2.18. The third-order valence-electron chi connectivity index (χ3n) is 16.8. The van der Waals surface area contributed by atoms with Gasteiger partial charge in [-0.1, -0.05) is 157 Å². The molecule has 6 aromatic heterocycles. The SMILES string of the molecule is CC(C)c1ccc2c(c1)sc1c3ccccc3sc21.CC(C)c1ccc2cc3c(cc2c1)sc1c2cc4ccccc4cc2sc31.CC(C)c1ccc2cc3cc4c(cc3cc2c1)sc1c2cc3cc5ccccc5cc3cc2sc41. The summed E-state index contributed by atoms with van der Waals surface area (Å²) < 4.78 is 17.0. The molecule has 0 atom stereocenters. The van der Waals surface area contributed by atoms with Crippen LogP contribution in [0.4, 0.5) is 0 Å². The van der Waals surface area contributed by atoms with E-state index in [9.17, 15) is 0 Å². The van der Waals surface area contributed by atoms with Crippen LogP contribution >= 0.6 is 68.0 Å². The summed E-state index contributed by atoms with van der Waals surface area (Å²) in [5.41, 5.74) is 4.25. The van der Waals surface area contributed by atoms with Gasteiger partial charge in [0.25, 0.3) is 0 Å². The molecule has 0 spiro atoms. The Bertz CT molecular complexity index is 5590. The van der Waals surface area contributed by atoms with E-state index in [2.05, 4.69) is 242 Å². The van der Waals surface area contributed by atoms with Crippen LogP contribution in [0, 0.1) is 0 Å². The minimum absolute atomic E-state index is 0.545. The van der Waals surface area contributed by atoms with Crippen molar-refractivity contribution in [2.45, 2.75) is 59.3 Å². The molecular weight excluding hydrogens is 1090 g/mol. The molecule has 18 aromatic rings. The molecule has 0 nitrogen and oxygen atoms in total. The van der Waals surface area contributed by atoms with E-state index in [0.717, 1.165) is 0 Å². The van der Waals surface area contributed by atoms with E-state index >= 15 is 0 Å². The topological polar surface area (TPSA) is 0 Å². The number of benzene rings is 12. The summed E-state index contributed by atoms with van der Waals surface area (Å²) in [5, 5.41) is 24.4. The van der Waals surface area contributed by atoms with Crippen molar-refractivity contribution < 1.29 is 0 Å². The highest BCUT2D eigenvalue weighted by Crippen LogP contribution is 2.49. The molecular formula is C75H54S6. The van der Waals surface area contributed by atoms with E-state index in [-0.39, 0.29) is 0 Å². The van der Waals surface area contributed by atoms with Crippen LogP contribution in [0.1, 0.15) is 76.0 Å². The summed E-state index contributed by atoms with van der Waals surface area (Å²) in [6.07, 6.45) is 0. The van der Waals surface area contributed by atoms with Gasteiger partial charge in [-0.3, -0.25) is 0 Å². The van der Waals surface area contributed by atoms with Gasteiger partial charge in [0.1, 0.15) is 0 Å². The fraction of sp³-hybridized carbons (Fsp3) is 0.120. The number of hydrogen-bond donors (Lipinski definition) is 0. The first-order chi connectivity index (χ1) is 39.5. The molecule has 0 radical (unpaired) electrons. The van der Waals surface area contributed by atoms with Gasteiger partial charge in [0, 0.05) is 60.5 Å². The van der Waals surface area contributed by atoms with Gasteiger partial charge in [-0.25, -0.2) is 0 Å². The first-order valence-electron chi connectivity index (χ1n) is 28.2. The first kappa shape index (κ1) is 49.5. The Labute approximate surface area is 493 Å². The highest BCUT2D eigenvalue weighted by molar-refractivity contribution is 7.38. The Kier molecular flexibility index (Phi) is 11.7. The first-order valence-corrected chi connectivity index (χ1v) is 33.1. The normalized spacial score (nSPS) is 12.4. The van der Waals surface area contributed by atoms with Crippen LogP contribution < -0.4 is 0 Å². The van der Waals surface area contributed by atoms with Gasteiger partial charge in [-0.2, -0.15) is 0 Å². The minimum Gasteiger partial charge on any atom is -0.134 e. The van der Waals surface area contributed by atoms with E-state index in [1.807, 2.05) is 68.0 Å². The second-order valence-electron chi connectivity index (χ2n) is 23.0. The fourth-order valence-corrected chi connectivity index (χ4v) is 20.3. The van der Waals surface area contributed by atoms with Crippen LogP contribution in [0.2, 0.25) is 0 Å². The standard InChI is InChI=1S/C33H22S2.C25H18S2.C17H14S2/c1-18(2)19-7-8-22-12-25-15-29-31(17-27(25)13-23(22)9-19)35-32-28-14-24-10-20-5-3-4-6-21(20)11-26(24)16-30(28)34-33(29)32;1-14(2)15-7-8-18-11-21-23(13-19(18)9-15)27-24-20-10-16-5-3-4-6-17(16)12-22(20)26-25(21)24;1-10(2)11-7-8-13-15(9-11)19-16-12-5-3-4-6-14(12)18-17(13)16/h3-18H,1-2H3;3-14H,1-2H3;3-10H,1-2H3. The van der Waals surface area contributed by atoms with Gasteiger partial charge >= 0.3 is 0 Å². The minimum atomic E-state index is 0.545. The maximum atomic E-state index is 2.42. The van der Waals surface area contributed by atoms with Crippen molar-refractivity contribution in [2.24, 2.45) is 0 Å². The smallest absolute Gasteiger partial charge is 0.0542 e. The Morgan fingerprint density at radius 3 is 0.951 bits per heavy atom. The summed E-state index contributed by atoms with van der Waals surface area (Å²) in [6.45, 7) is 13.6. The third kappa shape index (κ3) is 8.35. The molecule has 12 aromatic carbocycles. The van der Waals surface area contributed by atoms with Crippen LogP contribution in [-0.4, -0.2) is 0 Å². The summed E-state index contributed by atoms with van der Waals surface area (Å²) in [6, 6.07) is 75.4. The lowest BCUT2D eigenvalue weighted by molar-refractivity contribution is 0.869. The lowest BCUT2D eigenvalue weighted by Gasteiger charge is -2.08. The Morgan fingerprint density at radius 2 is 0.469 bits per heavy atom. The number of fused-ring (bicyclic) bond motifs is 21. The molecule has 0 N–H and O–H groups in total. The predicted molar refractivity (Wildman–Crippen MR) is 371 cm³/mol. The van der Waals surface area contributed by atoms with Gasteiger partial charge in [0.2, 0.25) is 0 Å². The van der Waals surface area contributed by atoms with Crippen molar-refractivity contribution in [3.63, 3.8) is 0 Å². The lowest BCUT2D eigenvalue weighted by atomic mass is 9.97. The molecule has 0 aliphatic carbocycles. The van der Waals surface area contributed by atoms with Crippen LogP contribution in [0.15, 0.2) is 200 Å². The zero-order valence-corrected chi connectivity index (χ0v) is 50.6. The molecule has 0 unspecified atom stereocenters. The number of thiophene rings is 6.